The second kappa shape index (κ2) is 6.85. The van der Waals surface area contributed by atoms with Crippen LogP contribution in [0.1, 0.15) is 45.4 Å². The molecule has 0 aliphatic heterocycles. The van der Waals surface area contributed by atoms with Crippen molar-refractivity contribution >= 4 is 0 Å². The van der Waals surface area contributed by atoms with Gasteiger partial charge in [-0.05, 0) is 39.8 Å². The van der Waals surface area contributed by atoms with Crippen LogP contribution in [0.5, 0.6) is 0 Å². The maximum atomic E-state index is 5.95. The molecule has 2 rings (SSSR count). The number of rotatable bonds is 6. The summed E-state index contributed by atoms with van der Waals surface area (Å²) in [4.78, 5) is 6.78. The van der Waals surface area contributed by atoms with Gasteiger partial charge in [0.2, 0.25) is 0 Å². The van der Waals surface area contributed by atoms with Crippen LogP contribution in [-0.4, -0.2) is 45.3 Å². The van der Waals surface area contributed by atoms with Gasteiger partial charge in [0.25, 0.3) is 0 Å². The van der Waals surface area contributed by atoms with Crippen LogP contribution in [0.4, 0.5) is 0 Å². The Hall–Kier alpha value is -0.980. The molecule has 6 nitrogen and oxygen atoms in total. The van der Waals surface area contributed by atoms with Gasteiger partial charge in [0.15, 0.2) is 0 Å². The molecule has 1 saturated carbocycles. The second-order valence-electron chi connectivity index (χ2n) is 6.61. The monoisotopic (exact) mass is 294 g/mol. The zero-order valence-electron chi connectivity index (χ0n) is 13.8. The van der Waals surface area contributed by atoms with Crippen molar-refractivity contribution in [2.45, 2.75) is 64.1 Å². The molecule has 0 spiro atoms. The SMILES string of the molecule is CCn1ncnc1CC(NN)C1(N(C)C)CCCC(C)C1. The van der Waals surface area contributed by atoms with Gasteiger partial charge in [-0.3, -0.25) is 16.0 Å². The molecule has 120 valence electrons. The smallest absolute Gasteiger partial charge is 0.138 e. The third-order valence-electron chi connectivity index (χ3n) is 5.13. The zero-order chi connectivity index (χ0) is 15.5. The summed E-state index contributed by atoms with van der Waals surface area (Å²) in [5.41, 5.74) is 3.18. The van der Waals surface area contributed by atoms with Gasteiger partial charge in [0, 0.05) is 24.5 Å². The van der Waals surface area contributed by atoms with Crippen LogP contribution in [-0.2, 0) is 13.0 Å². The average molecular weight is 294 g/mol. The summed E-state index contributed by atoms with van der Waals surface area (Å²) in [7, 11) is 4.35. The predicted molar refractivity (Wildman–Crippen MR) is 84.6 cm³/mol. The number of nitrogens with zero attached hydrogens (tertiary/aromatic N) is 4. The Morgan fingerprint density at radius 1 is 1.57 bits per heavy atom. The lowest BCUT2D eigenvalue weighted by Gasteiger charge is -2.50. The molecule has 1 aliphatic rings. The number of aryl methyl sites for hydroxylation is 1. The van der Waals surface area contributed by atoms with E-state index in [9.17, 15) is 0 Å². The lowest BCUT2D eigenvalue weighted by Crippen LogP contribution is -2.63. The number of aromatic nitrogens is 3. The standard InChI is InChI=1S/C15H30N6/c1-5-21-14(17-11-18-21)9-13(19-16)15(20(3)4)8-6-7-12(2)10-15/h11-13,19H,5-10,16H2,1-4H3. The molecule has 3 atom stereocenters. The molecular weight excluding hydrogens is 264 g/mol. The van der Waals surface area contributed by atoms with Crippen molar-refractivity contribution in [2.24, 2.45) is 11.8 Å². The lowest BCUT2D eigenvalue weighted by atomic mass is 9.70. The maximum Gasteiger partial charge on any atom is 0.138 e. The van der Waals surface area contributed by atoms with E-state index in [-0.39, 0.29) is 11.6 Å². The van der Waals surface area contributed by atoms with Crippen LogP contribution in [0, 0.1) is 5.92 Å². The molecule has 0 bridgehead atoms. The summed E-state index contributed by atoms with van der Waals surface area (Å²) in [5.74, 6) is 7.70. The van der Waals surface area contributed by atoms with Crippen molar-refractivity contribution in [3.05, 3.63) is 12.2 Å². The second-order valence-corrected chi connectivity index (χ2v) is 6.61. The van der Waals surface area contributed by atoms with Crippen molar-refractivity contribution in [1.82, 2.24) is 25.1 Å². The summed E-state index contributed by atoms with van der Waals surface area (Å²) in [6.07, 6.45) is 7.39. The van der Waals surface area contributed by atoms with Crippen LogP contribution in [0.15, 0.2) is 6.33 Å². The molecule has 1 aliphatic carbocycles. The maximum absolute atomic E-state index is 5.95. The van der Waals surface area contributed by atoms with E-state index in [1.165, 1.54) is 25.7 Å². The van der Waals surface area contributed by atoms with Gasteiger partial charge in [-0.1, -0.05) is 19.8 Å². The van der Waals surface area contributed by atoms with Gasteiger partial charge in [-0.25, -0.2) is 4.98 Å². The molecule has 0 amide bonds. The fourth-order valence-corrected chi connectivity index (χ4v) is 3.90. The van der Waals surface area contributed by atoms with Crippen molar-refractivity contribution < 1.29 is 0 Å². The van der Waals surface area contributed by atoms with Crippen molar-refractivity contribution in [3.63, 3.8) is 0 Å². The summed E-state index contributed by atoms with van der Waals surface area (Å²) in [6, 6.07) is 0.185. The third kappa shape index (κ3) is 3.27. The van der Waals surface area contributed by atoms with Crippen LogP contribution < -0.4 is 11.3 Å². The molecule has 21 heavy (non-hydrogen) atoms. The number of likely N-dealkylation sites (N-methyl/N-ethyl adjacent to an activating group) is 1. The van der Waals surface area contributed by atoms with E-state index in [1.807, 2.05) is 4.68 Å². The van der Waals surface area contributed by atoms with E-state index in [4.69, 9.17) is 5.84 Å². The number of nitrogens with two attached hydrogens (primary N) is 1. The predicted octanol–water partition coefficient (Wildman–Crippen LogP) is 1.18. The highest BCUT2D eigenvalue weighted by Crippen LogP contribution is 2.38. The summed E-state index contributed by atoms with van der Waals surface area (Å²) < 4.78 is 1.96. The largest absolute Gasteiger partial charge is 0.302 e. The first-order valence-corrected chi connectivity index (χ1v) is 8.03. The molecule has 3 unspecified atom stereocenters. The molecule has 1 aromatic heterocycles. The highest BCUT2D eigenvalue weighted by Gasteiger charge is 2.43. The summed E-state index contributed by atoms with van der Waals surface area (Å²) >= 11 is 0. The first-order chi connectivity index (χ1) is 10.0. The number of hydrogen-bond donors (Lipinski definition) is 2. The molecule has 3 N–H and O–H groups in total. The number of hydrazine groups is 1. The molecule has 0 saturated heterocycles. The van der Waals surface area contributed by atoms with Crippen molar-refractivity contribution in [3.8, 4) is 0 Å². The van der Waals surface area contributed by atoms with E-state index in [2.05, 4.69) is 48.4 Å². The Kier molecular flexibility index (Phi) is 5.35. The third-order valence-corrected chi connectivity index (χ3v) is 5.13. The molecular formula is C15H30N6. The van der Waals surface area contributed by atoms with Crippen LogP contribution in [0.3, 0.4) is 0 Å². The minimum Gasteiger partial charge on any atom is -0.302 e. The quantitative estimate of drug-likeness (QED) is 0.609. The fourth-order valence-electron chi connectivity index (χ4n) is 3.90. The van der Waals surface area contributed by atoms with Crippen molar-refractivity contribution in [1.29, 1.82) is 0 Å². The Balaban J connectivity index is 2.24. The zero-order valence-corrected chi connectivity index (χ0v) is 13.8. The Bertz CT molecular complexity index is 443. The molecule has 1 aromatic rings. The van der Waals surface area contributed by atoms with Crippen LogP contribution in [0.2, 0.25) is 0 Å². The van der Waals surface area contributed by atoms with Gasteiger partial charge in [-0.2, -0.15) is 5.10 Å². The summed E-state index contributed by atoms with van der Waals surface area (Å²) in [5, 5.41) is 4.27. The average Bonchev–Trinajstić information content (AvgIpc) is 2.91. The molecule has 6 heteroatoms. The highest BCUT2D eigenvalue weighted by molar-refractivity contribution is 5.05. The van der Waals surface area contributed by atoms with E-state index in [0.717, 1.165) is 24.7 Å². The van der Waals surface area contributed by atoms with Gasteiger partial charge in [0.1, 0.15) is 12.2 Å². The molecule has 1 fully saturated rings. The minimum atomic E-state index is 0.0942. The molecule has 0 aromatic carbocycles. The Morgan fingerprint density at radius 3 is 2.90 bits per heavy atom. The first-order valence-electron chi connectivity index (χ1n) is 8.03. The van der Waals surface area contributed by atoms with E-state index >= 15 is 0 Å². The minimum absolute atomic E-state index is 0.0942. The van der Waals surface area contributed by atoms with Gasteiger partial charge < -0.3 is 4.90 Å². The van der Waals surface area contributed by atoms with E-state index < -0.39 is 0 Å². The van der Waals surface area contributed by atoms with Gasteiger partial charge >= 0.3 is 0 Å². The molecule has 1 heterocycles. The number of nitrogens with one attached hydrogen (secondary N) is 1. The first kappa shape index (κ1) is 16.4. The lowest BCUT2D eigenvalue weighted by molar-refractivity contribution is 0.0363. The van der Waals surface area contributed by atoms with Crippen molar-refractivity contribution in [2.75, 3.05) is 14.1 Å². The normalized spacial score (nSPS) is 28.0. The fraction of sp³-hybridized carbons (Fsp3) is 0.867. The van der Waals surface area contributed by atoms with E-state index in [0.29, 0.717) is 0 Å². The van der Waals surface area contributed by atoms with Crippen LogP contribution >= 0.6 is 0 Å². The Morgan fingerprint density at radius 2 is 2.33 bits per heavy atom. The topological polar surface area (TPSA) is 72.0 Å². The summed E-state index contributed by atoms with van der Waals surface area (Å²) in [6.45, 7) is 5.28. The van der Waals surface area contributed by atoms with Gasteiger partial charge in [-0.15, -0.1) is 0 Å². The van der Waals surface area contributed by atoms with Crippen LogP contribution in [0.25, 0.3) is 0 Å². The van der Waals surface area contributed by atoms with E-state index in [1.54, 1.807) is 6.33 Å². The van der Waals surface area contributed by atoms with Gasteiger partial charge in [0.05, 0.1) is 0 Å². The Labute approximate surface area is 128 Å². The molecule has 0 radical (unpaired) electrons. The number of hydrogen-bond acceptors (Lipinski definition) is 5. The highest BCUT2D eigenvalue weighted by atomic mass is 15.3.